The molecule has 26 heavy (non-hydrogen) atoms. The fourth-order valence-corrected chi connectivity index (χ4v) is 3.48. The lowest BCUT2D eigenvalue weighted by Crippen LogP contribution is -2.37. The minimum Gasteiger partial charge on any atom is -0.396 e. The minimum atomic E-state index is -4.76. The second-order valence-corrected chi connectivity index (χ2v) is 6.64. The molecule has 0 aliphatic carbocycles. The Morgan fingerprint density at radius 1 is 1.38 bits per heavy atom. The molecule has 1 amide bonds. The average Bonchev–Trinajstić information content (AvgIpc) is 3.15. The molecule has 0 saturated heterocycles. The highest BCUT2D eigenvalue weighted by atomic mass is 32.1. The van der Waals surface area contributed by atoms with Gasteiger partial charge in [0.15, 0.2) is 5.71 Å². The maximum Gasteiger partial charge on any atom is 0.432 e. The number of anilines is 1. The minimum absolute atomic E-state index is 0.0168. The van der Waals surface area contributed by atoms with Crippen LogP contribution in [0.4, 0.5) is 18.3 Å². The SMILES string of the molecule is CC(=NCCCO)C1C(=O)N(c2nc3ccccc3s2)N=C1C(F)(F)F. The molecule has 1 N–H and O–H groups in total. The van der Waals surface area contributed by atoms with Crippen LogP contribution in [0.3, 0.4) is 0 Å². The van der Waals surface area contributed by atoms with Crippen LogP contribution in [0.15, 0.2) is 34.4 Å². The van der Waals surface area contributed by atoms with Gasteiger partial charge in [-0.15, -0.1) is 0 Å². The van der Waals surface area contributed by atoms with Crippen molar-refractivity contribution in [2.75, 3.05) is 18.2 Å². The van der Waals surface area contributed by atoms with Crippen molar-refractivity contribution in [2.24, 2.45) is 16.0 Å². The van der Waals surface area contributed by atoms with Crippen molar-refractivity contribution in [3.05, 3.63) is 24.3 Å². The van der Waals surface area contributed by atoms with Gasteiger partial charge in [-0.3, -0.25) is 9.79 Å². The lowest BCUT2D eigenvalue weighted by atomic mass is 9.98. The first-order valence-corrected chi connectivity index (χ1v) is 8.61. The third kappa shape index (κ3) is 3.47. The smallest absolute Gasteiger partial charge is 0.396 e. The molecule has 2 heterocycles. The summed E-state index contributed by atoms with van der Waals surface area (Å²) in [5.41, 5.74) is -0.601. The van der Waals surface area contributed by atoms with Gasteiger partial charge in [-0.2, -0.15) is 23.3 Å². The summed E-state index contributed by atoms with van der Waals surface area (Å²) < 4.78 is 41.0. The molecule has 1 aromatic heterocycles. The molecule has 1 aliphatic rings. The van der Waals surface area contributed by atoms with Crippen LogP contribution < -0.4 is 5.01 Å². The first-order chi connectivity index (χ1) is 12.3. The van der Waals surface area contributed by atoms with Crippen LogP contribution in [0.1, 0.15) is 13.3 Å². The number of amides is 1. The Balaban J connectivity index is 1.98. The highest BCUT2D eigenvalue weighted by Gasteiger charge is 2.52. The predicted octanol–water partition coefficient (Wildman–Crippen LogP) is 3.02. The second-order valence-electron chi connectivity index (χ2n) is 5.63. The second kappa shape index (κ2) is 7.12. The molecular weight excluding hydrogens is 369 g/mol. The van der Waals surface area contributed by atoms with Gasteiger partial charge in [-0.05, 0) is 25.5 Å². The summed E-state index contributed by atoms with van der Waals surface area (Å²) >= 11 is 1.09. The first-order valence-electron chi connectivity index (χ1n) is 7.80. The van der Waals surface area contributed by atoms with E-state index in [-0.39, 0.29) is 24.0 Å². The zero-order chi connectivity index (χ0) is 18.9. The van der Waals surface area contributed by atoms with Crippen LogP contribution in [0.5, 0.6) is 0 Å². The number of aliphatic imine (C=N–C) groups is 1. The number of fused-ring (bicyclic) bond motifs is 1. The molecule has 1 aliphatic heterocycles. The summed E-state index contributed by atoms with van der Waals surface area (Å²) in [6, 6.07) is 7.01. The number of rotatable bonds is 5. The van der Waals surface area contributed by atoms with Crippen molar-refractivity contribution in [1.29, 1.82) is 0 Å². The molecule has 6 nitrogen and oxygen atoms in total. The highest BCUT2D eigenvalue weighted by Crippen LogP contribution is 2.36. The van der Waals surface area contributed by atoms with Crippen LogP contribution in [0, 0.1) is 5.92 Å². The lowest BCUT2D eigenvalue weighted by molar-refractivity contribution is -0.119. The molecule has 1 aromatic carbocycles. The van der Waals surface area contributed by atoms with Crippen LogP contribution >= 0.6 is 11.3 Å². The van der Waals surface area contributed by atoms with Crippen molar-refractivity contribution in [3.63, 3.8) is 0 Å². The van der Waals surface area contributed by atoms with E-state index in [9.17, 15) is 18.0 Å². The average molecular weight is 384 g/mol. The molecule has 0 radical (unpaired) electrons. The molecule has 0 bridgehead atoms. The largest absolute Gasteiger partial charge is 0.432 e. The summed E-state index contributed by atoms with van der Waals surface area (Å²) in [6.45, 7) is 1.37. The van der Waals surface area contributed by atoms with Gasteiger partial charge in [0, 0.05) is 18.9 Å². The van der Waals surface area contributed by atoms with E-state index in [4.69, 9.17) is 5.11 Å². The molecule has 0 spiro atoms. The normalized spacial score (nSPS) is 18.7. The van der Waals surface area contributed by atoms with E-state index in [1.54, 1.807) is 24.3 Å². The zero-order valence-electron chi connectivity index (χ0n) is 13.7. The van der Waals surface area contributed by atoms with Gasteiger partial charge in [0.25, 0.3) is 5.91 Å². The van der Waals surface area contributed by atoms with E-state index < -0.39 is 23.7 Å². The number of para-hydroxylation sites is 1. The number of hydrogen-bond donors (Lipinski definition) is 1. The van der Waals surface area contributed by atoms with Crippen molar-refractivity contribution in [1.82, 2.24) is 4.98 Å². The van der Waals surface area contributed by atoms with E-state index >= 15 is 0 Å². The molecule has 10 heteroatoms. The number of alkyl halides is 3. The van der Waals surface area contributed by atoms with E-state index in [2.05, 4.69) is 15.1 Å². The number of halogens is 3. The summed E-state index contributed by atoms with van der Waals surface area (Å²) in [5.74, 6) is -2.43. The number of benzene rings is 1. The molecule has 1 atom stereocenters. The van der Waals surface area contributed by atoms with Gasteiger partial charge < -0.3 is 5.11 Å². The van der Waals surface area contributed by atoms with Crippen molar-refractivity contribution in [3.8, 4) is 0 Å². The van der Waals surface area contributed by atoms with Crippen LogP contribution in [-0.2, 0) is 4.79 Å². The van der Waals surface area contributed by atoms with Crippen molar-refractivity contribution < 1.29 is 23.1 Å². The summed E-state index contributed by atoms with van der Waals surface area (Å²) in [5, 5.41) is 13.1. The number of aliphatic hydroxyl groups excluding tert-OH is 1. The number of carbonyl (C=O) groups is 1. The van der Waals surface area contributed by atoms with Gasteiger partial charge in [-0.25, -0.2) is 4.98 Å². The fraction of sp³-hybridized carbons (Fsp3) is 0.375. The third-order valence-electron chi connectivity index (χ3n) is 3.79. The molecule has 2 aromatic rings. The molecule has 138 valence electrons. The maximum absolute atomic E-state index is 13.4. The van der Waals surface area contributed by atoms with Gasteiger partial charge in [0.05, 0.1) is 10.2 Å². The summed E-state index contributed by atoms with van der Waals surface area (Å²) in [7, 11) is 0. The number of aliphatic hydroxyl groups is 1. The summed E-state index contributed by atoms with van der Waals surface area (Å²) in [4.78, 5) is 20.9. The topological polar surface area (TPSA) is 78.2 Å². The third-order valence-corrected chi connectivity index (χ3v) is 4.80. The van der Waals surface area contributed by atoms with Crippen molar-refractivity contribution in [2.45, 2.75) is 19.5 Å². The number of carbonyl (C=O) groups excluding carboxylic acids is 1. The van der Waals surface area contributed by atoms with E-state index in [0.717, 1.165) is 16.0 Å². The Morgan fingerprint density at radius 3 is 2.77 bits per heavy atom. The van der Waals surface area contributed by atoms with Gasteiger partial charge in [-0.1, -0.05) is 23.5 Å². The predicted molar refractivity (Wildman–Crippen MR) is 93.8 cm³/mol. The van der Waals surface area contributed by atoms with Crippen LogP contribution in [0.25, 0.3) is 10.2 Å². The van der Waals surface area contributed by atoms with E-state index in [0.29, 0.717) is 16.9 Å². The molecular formula is C16H15F3N4O2S. The van der Waals surface area contributed by atoms with Crippen molar-refractivity contribution >= 4 is 44.0 Å². The number of aromatic nitrogens is 1. The summed E-state index contributed by atoms with van der Waals surface area (Å²) in [6.07, 6.45) is -4.46. The number of hydrogen-bond acceptors (Lipinski definition) is 6. The monoisotopic (exact) mass is 384 g/mol. The van der Waals surface area contributed by atoms with Crippen LogP contribution in [-0.4, -0.2) is 46.7 Å². The standard InChI is InChI=1S/C16H15F3N4O2S/c1-9(20-7-4-8-24)12-13(16(17,18)19)22-23(14(12)25)15-21-10-5-2-3-6-11(10)26-15/h2-3,5-6,12,24H,4,7-8H2,1H3. The molecule has 0 fully saturated rings. The van der Waals surface area contributed by atoms with Crippen LogP contribution in [0.2, 0.25) is 0 Å². The fourth-order valence-electron chi connectivity index (χ4n) is 2.56. The Labute approximate surface area is 150 Å². The van der Waals surface area contributed by atoms with Gasteiger partial charge in [0.2, 0.25) is 5.13 Å². The lowest BCUT2D eigenvalue weighted by Gasteiger charge is -2.13. The highest BCUT2D eigenvalue weighted by molar-refractivity contribution is 7.22. The maximum atomic E-state index is 13.4. The van der Waals surface area contributed by atoms with Gasteiger partial charge in [0.1, 0.15) is 5.92 Å². The Hall–Kier alpha value is -2.33. The quantitative estimate of drug-likeness (QED) is 0.636. The van der Waals surface area contributed by atoms with E-state index in [1.807, 2.05) is 0 Å². The number of thiazole rings is 1. The van der Waals surface area contributed by atoms with Gasteiger partial charge >= 0.3 is 6.18 Å². The number of nitrogens with zero attached hydrogens (tertiary/aromatic N) is 4. The molecule has 0 saturated carbocycles. The number of hydrazone groups is 1. The Bertz CT molecular complexity index is 858. The Kier molecular flexibility index (Phi) is 5.05. The molecule has 3 rings (SSSR count). The van der Waals surface area contributed by atoms with E-state index in [1.165, 1.54) is 6.92 Å². The Morgan fingerprint density at radius 2 is 2.12 bits per heavy atom. The molecule has 1 unspecified atom stereocenters. The first kappa shape index (κ1) is 18.5. The zero-order valence-corrected chi connectivity index (χ0v) is 14.5.